The average Bonchev–Trinajstić information content (AvgIpc) is 3.47. The summed E-state index contributed by atoms with van der Waals surface area (Å²) in [5, 5.41) is 27.5. The molecule has 2 aromatic heterocycles. The van der Waals surface area contributed by atoms with Gasteiger partial charge in [0.15, 0.2) is 23.0 Å². The summed E-state index contributed by atoms with van der Waals surface area (Å²) in [5.74, 6) is -8.42. The van der Waals surface area contributed by atoms with E-state index in [2.05, 4.69) is 9.97 Å². The minimum atomic E-state index is -1.48. The lowest BCUT2D eigenvalue weighted by Gasteiger charge is -2.18. The first kappa shape index (κ1) is 31.1. The Bertz CT molecular complexity index is 1960. The largest absolute Gasteiger partial charge is 0.504 e. The number of nitrogens with zero attached hydrogens (tertiary/aromatic N) is 3. The number of aromatic hydroxyl groups is 1. The van der Waals surface area contributed by atoms with Gasteiger partial charge in [0.2, 0.25) is 23.1 Å². The van der Waals surface area contributed by atoms with Gasteiger partial charge in [-0.3, -0.25) is 5.41 Å². The lowest BCUT2D eigenvalue weighted by atomic mass is 10.2. The van der Waals surface area contributed by atoms with Crippen LogP contribution in [0.4, 0.5) is 8.78 Å². The summed E-state index contributed by atoms with van der Waals surface area (Å²) in [6.07, 6.45) is 3.33. The number of methoxy groups -OCH3 is 2. The minimum Gasteiger partial charge on any atom is -0.504 e. The van der Waals surface area contributed by atoms with Crippen LogP contribution in [0.15, 0.2) is 67.0 Å². The Hall–Kier alpha value is -6.38. The van der Waals surface area contributed by atoms with Crippen molar-refractivity contribution in [2.75, 3.05) is 14.2 Å². The predicted molar refractivity (Wildman–Crippen MR) is 159 cm³/mol. The Morgan fingerprint density at radius 2 is 1.54 bits per heavy atom. The van der Waals surface area contributed by atoms with Crippen LogP contribution in [0.2, 0.25) is 0 Å². The van der Waals surface area contributed by atoms with E-state index in [1.807, 2.05) is 0 Å². The van der Waals surface area contributed by atoms with Crippen molar-refractivity contribution in [1.29, 1.82) is 5.41 Å². The van der Waals surface area contributed by atoms with Crippen molar-refractivity contribution in [2.24, 2.45) is 12.8 Å². The number of aromatic nitrogens is 3. The van der Waals surface area contributed by atoms with Crippen molar-refractivity contribution in [2.45, 2.75) is 0 Å². The molecular weight excluding hydrogens is 608 g/mol. The molecule has 5 rings (SSSR count). The summed E-state index contributed by atoms with van der Waals surface area (Å²) in [7, 11) is 4.16. The molecule has 0 fully saturated rings. The molecule has 0 radical (unpaired) electrons. The molecule has 13 nitrogen and oxygen atoms in total. The van der Waals surface area contributed by atoms with Gasteiger partial charge in [0.05, 0.1) is 19.8 Å². The highest BCUT2D eigenvalue weighted by molar-refractivity contribution is 5.95. The number of rotatable bonds is 11. The van der Waals surface area contributed by atoms with Crippen molar-refractivity contribution in [3.63, 3.8) is 0 Å². The number of aryl methyl sites for hydroxylation is 1. The molecule has 0 spiro atoms. The number of ether oxygens (including phenoxy) is 5. The fourth-order valence-corrected chi connectivity index (χ4v) is 4.23. The number of nitrogens with two attached hydrogens (primary N) is 1. The van der Waals surface area contributed by atoms with Crippen LogP contribution in [0.5, 0.6) is 52.0 Å². The van der Waals surface area contributed by atoms with E-state index in [0.717, 1.165) is 24.3 Å². The molecule has 5 aromatic rings. The van der Waals surface area contributed by atoms with Gasteiger partial charge in [-0.25, -0.2) is 9.78 Å². The second-order valence-corrected chi connectivity index (χ2v) is 9.49. The second kappa shape index (κ2) is 12.7. The normalized spacial score (nSPS) is 10.7. The number of imidazole rings is 1. The van der Waals surface area contributed by atoms with Crippen molar-refractivity contribution in [3.05, 3.63) is 89.8 Å². The van der Waals surface area contributed by atoms with Crippen LogP contribution >= 0.6 is 0 Å². The number of phenols is 1. The third-order valence-electron chi connectivity index (χ3n) is 6.49. The number of pyridine rings is 1. The number of carboxylic acids is 1. The number of nitrogens with one attached hydrogen (secondary N) is 1. The van der Waals surface area contributed by atoms with Crippen LogP contribution in [0.25, 0.3) is 11.4 Å². The summed E-state index contributed by atoms with van der Waals surface area (Å²) in [5.41, 5.74) is 6.02. The first-order valence-corrected chi connectivity index (χ1v) is 13.2. The maximum atomic E-state index is 16.1. The first-order valence-electron chi connectivity index (χ1n) is 13.2. The third kappa shape index (κ3) is 6.14. The van der Waals surface area contributed by atoms with E-state index < -0.39 is 40.9 Å². The molecule has 2 heterocycles. The number of halogens is 2. The average molecular weight is 634 g/mol. The molecule has 0 aliphatic rings. The fraction of sp³-hybridized carbons (Fsp3) is 0.0968. The second-order valence-electron chi connectivity index (χ2n) is 9.49. The number of amidine groups is 1. The molecule has 236 valence electrons. The topological polar surface area (TPSA) is 184 Å². The molecule has 0 amide bonds. The molecule has 46 heavy (non-hydrogen) atoms. The van der Waals surface area contributed by atoms with E-state index >= 15 is 8.78 Å². The smallest absolute Gasteiger partial charge is 0.335 e. The number of hydrogen-bond acceptors (Lipinski definition) is 10. The summed E-state index contributed by atoms with van der Waals surface area (Å²) < 4.78 is 61.3. The zero-order valence-electron chi connectivity index (χ0n) is 24.4. The van der Waals surface area contributed by atoms with Gasteiger partial charge in [-0.2, -0.15) is 13.8 Å². The Morgan fingerprint density at radius 1 is 0.891 bits per heavy atom. The highest BCUT2D eigenvalue weighted by Gasteiger charge is 2.29. The van der Waals surface area contributed by atoms with Gasteiger partial charge in [-0.1, -0.05) is 12.1 Å². The first-order chi connectivity index (χ1) is 22.0. The van der Waals surface area contributed by atoms with Gasteiger partial charge in [-0.15, -0.1) is 0 Å². The van der Waals surface area contributed by atoms with Crippen LogP contribution in [-0.4, -0.2) is 50.8 Å². The van der Waals surface area contributed by atoms with E-state index in [9.17, 15) is 15.0 Å². The number of hydrogen-bond donors (Lipinski definition) is 4. The summed E-state index contributed by atoms with van der Waals surface area (Å²) >= 11 is 0. The molecule has 0 saturated heterocycles. The van der Waals surface area contributed by atoms with Crippen LogP contribution in [-0.2, 0) is 7.05 Å². The molecule has 3 aromatic carbocycles. The zero-order valence-corrected chi connectivity index (χ0v) is 24.4. The molecule has 0 aliphatic heterocycles. The van der Waals surface area contributed by atoms with Gasteiger partial charge in [0, 0.05) is 30.6 Å². The van der Waals surface area contributed by atoms with Gasteiger partial charge in [-0.05, 0) is 42.5 Å². The van der Waals surface area contributed by atoms with Crippen LogP contribution < -0.4 is 29.4 Å². The number of nitrogen functional groups attached to an aromatic ring is 1. The van der Waals surface area contributed by atoms with Gasteiger partial charge < -0.3 is 44.2 Å². The van der Waals surface area contributed by atoms with Crippen LogP contribution in [0.3, 0.4) is 0 Å². The Morgan fingerprint density at radius 3 is 2.13 bits per heavy atom. The van der Waals surface area contributed by atoms with E-state index in [0.29, 0.717) is 11.4 Å². The van der Waals surface area contributed by atoms with E-state index in [4.69, 9.17) is 34.8 Å². The monoisotopic (exact) mass is 633 g/mol. The SMILES string of the molecule is COc1cc(C(=O)O)cc(OC)c1Oc1c(F)c(Oc2cccc(-c3nccn3C)c2)nc(Oc2cc(C(=N)N)ccc2O)c1F. The lowest BCUT2D eigenvalue weighted by Crippen LogP contribution is -2.11. The number of carbonyl (C=O) groups is 1. The number of aromatic carboxylic acids is 1. The molecule has 0 bridgehead atoms. The lowest BCUT2D eigenvalue weighted by molar-refractivity contribution is 0.0696. The highest BCUT2D eigenvalue weighted by Crippen LogP contribution is 2.46. The van der Waals surface area contributed by atoms with Crippen LogP contribution in [0, 0.1) is 17.0 Å². The Balaban J connectivity index is 1.65. The van der Waals surface area contributed by atoms with Crippen molar-refractivity contribution < 1.29 is 47.5 Å². The zero-order chi connectivity index (χ0) is 33.1. The van der Waals surface area contributed by atoms with Gasteiger partial charge in [0.25, 0.3) is 11.8 Å². The quantitative estimate of drug-likeness (QED) is 0.101. The van der Waals surface area contributed by atoms with Gasteiger partial charge in [0.1, 0.15) is 17.4 Å². The molecule has 0 aliphatic carbocycles. The minimum absolute atomic E-state index is 0.0813. The third-order valence-corrected chi connectivity index (χ3v) is 6.49. The summed E-state index contributed by atoms with van der Waals surface area (Å²) in [4.78, 5) is 19.8. The van der Waals surface area contributed by atoms with Crippen LogP contribution in [0.1, 0.15) is 15.9 Å². The number of carboxylic acid groups (broad SMARTS) is 1. The van der Waals surface area contributed by atoms with Gasteiger partial charge >= 0.3 is 5.97 Å². The van der Waals surface area contributed by atoms with E-state index in [1.54, 1.807) is 42.2 Å². The fourth-order valence-electron chi connectivity index (χ4n) is 4.23. The number of phenolic OH excluding ortho intramolecular Hbond substituents is 1. The molecule has 0 saturated carbocycles. The molecular formula is C31H25F2N5O8. The summed E-state index contributed by atoms with van der Waals surface area (Å²) in [6, 6.07) is 12.2. The standard InChI is InChI=1S/C31H25F2N5O8/c1-38-10-9-36-28(38)16-5-4-6-18(11-16)44-29-23(32)26(46-25-21(42-2)13-17(31(40)41)14-22(25)43-3)24(33)30(37-29)45-20-12-15(27(34)35)7-8-19(20)39/h4-14,39H,1-3H3,(H3,34,35)(H,40,41). The molecule has 15 heteroatoms. The maximum Gasteiger partial charge on any atom is 0.335 e. The summed E-state index contributed by atoms with van der Waals surface area (Å²) in [6.45, 7) is 0. The Labute approximate surface area is 259 Å². The van der Waals surface area contributed by atoms with Crippen molar-refractivity contribution in [1.82, 2.24) is 14.5 Å². The maximum absolute atomic E-state index is 16.1. The van der Waals surface area contributed by atoms with Crippen molar-refractivity contribution >= 4 is 11.8 Å². The molecule has 5 N–H and O–H groups in total. The predicted octanol–water partition coefficient (Wildman–Crippen LogP) is 5.84. The highest BCUT2D eigenvalue weighted by atomic mass is 19.1. The Kier molecular flexibility index (Phi) is 8.57. The number of benzene rings is 3. The van der Waals surface area contributed by atoms with E-state index in [1.165, 1.54) is 26.4 Å². The van der Waals surface area contributed by atoms with Crippen molar-refractivity contribution in [3.8, 4) is 63.4 Å². The molecule has 0 unspecified atom stereocenters. The molecule has 0 atom stereocenters. The van der Waals surface area contributed by atoms with E-state index in [-0.39, 0.29) is 45.7 Å².